The molecule has 0 aliphatic rings. The molecule has 0 heterocycles. The Morgan fingerprint density at radius 1 is 1.06 bits per heavy atom. The Balaban J connectivity index is 2.37. The van der Waals surface area contributed by atoms with Gasteiger partial charge >= 0.3 is 0 Å². The van der Waals surface area contributed by atoms with Crippen molar-refractivity contribution in [2.75, 3.05) is 10.5 Å². The first-order valence-electron chi connectivity index (χ1n) is 5.12. The highest BCUT2D eigenvalue weighted by molar-refractivity contribution is 7.92. The second-order valence-corrected chi connectivity index (χ2v) is 5.30. The number of nitrogen functional groups attached to an aromatic ring is 1. The van der Waals surface area contributed by atoms with Gasteiger partial charge < -0.3 is 5.73 Å². The number of nitrogens with two attached hydrogens (primary N) is 1. The first-order valence-corrected chi connectivity index (χ1v) is 6.60. The summed E-state index contributed by atoms with van der Waals surface area (Å²) in [6.45, 7) is 0. The summed E-state index contributed by atoms with van der Waals surface area (Å²) in [6.07, 6.45) is 0. The van der Waals surface area contributed by atoms with E-state index < -0.39 is 15.8 Å². The van der Waals surface area contributed by atoms with Crippen molar-refractivity contribution in [3.8, 4) is 0 Å². The van der Waals surface area contributed by atoms with Crippen LogP contribution in [0.2, 0.25) is 0 Å². The standard InChI is InChI=1S/C12H11FN2O2S/c13-9-4-3-5-10(8-9)15-18(16,17)12-7-2-1-6-11(12)14/h1-8,15H,14H2. The molecule has 0 atom stereocenters. The van der Waals surface area contributed by atoms with Gasteiger partial charge in [0.15, 0.2) is 0 Å². The molecule has 0 radical (unpaired) electrons. The fraction of sp³-hybridized carbons (Fsp3) is 0. The smallest absolute Gasteiger partial charge is 0.263 e. The third kappa shape index (κ3) is 2.60. The van der Waals surface area contributed by atoms with Gasteiger partial charge in [0.05, 0.1) is 11.4 Å². The first kappa shape index (κ1) is 12.4. The molecule has 0 aromatic heterocycles. The van der Waals surface area contributed by atoms with Gasteiger partial charge in [-0.3, -0.25) is 4.72 Å². The van der Waals surface area contributed by atoms with Crippen molar-refractivity contribution in [1.29, 1.82) is 0 Å². The molecule has 4 nitrogen and oxygen atoms in total. The van der Waals surface area contributed by atoms with E-state index in [1.165, 1.54) is 30.3 Å². The zero-order valence-electron chi connectivity index (χ0n) is 9.30. The molecule has 2 aromatic carbocycles. The molecule has 3 N–H and O–H groups in total. The van der Waals surface area contributed by atoms with Gasteiger partial charge in [-0.15, -0.1) is 0 Å². The molecule has 18 heavy (non-hydrogen) atoms. The number of benzene rings is 2. The van der Waals surface area contributed by atoms with Crippen LogP contribution in [0.1, 0.15) is 0 Å². The van der Waals surface area contributed by atoms with Gasteiger partial charge in [0, 0.05) is 0 Å². The van der Waals surface area contributed by atoms with E-state index >= 15 is 0 Å². The van der Waals surface area contributed by atoms with Crippen LogP contribution in [-0.4, -0.2) is 8.42 Å². The topological polar surface area (TPSA) is 72.2 Å². The van der Waals surface area contributed by atoms with Crippen molar-refractivity contribution < 1.29 is 12.8 Å². The van der Waals surface area contributed by atoms with E-state index in [2.05, 4.69) is 4.72 Å². The molecular formula is C12H11FN2O2S. The number of anilines is 2. The van der Waals surface area contributed by atoms with Crippen LogP contribution >= 0.6 is 0 Å². The number of para-hydroxylation sites is 1. The van der Waals surface area contributed by atoms with E-state index in [0.29, 0.717) is 0 Å². The molecule has 0 fully saturated rings. The molecule has 6 heteroatoms. The van der Waals surface area contributed by atoms with Crippen molar-refractivity contribution in [3.05, 3.63) is 54.3 Å². The summed E-state index contributed by atoms with van der Waals surface area (Å²) in [4.78, 5) is -0.0331. The maximum absolute atomic E-state index is 13.0. The third-order valence-corrected chi connectivity index (χ3v) is 3.74. The van der Waals surface area contributed by atoms with Crippen molar-refractivity contribution in [1.82, 2.24) is 0 Å². The Morgan fingerprint density at radius 3 is 2.44 bits per heavy atom. The van der Waals surface area contributed by atoms with E-state index in [9.17, 15) is 12.8 Å². The molecule has 0 bridgehead atoms. The minimum Gasteiger partial charge on any atom is -0.398 e. The molecular weight excluding hydrogens is 255 g/mol. The molecule has 0 aliphatic heterocycles. The molecule has 0 unspecified atom stereocenters. The van der Waals surface area contributed by atoms with Gasteiger partial charge in [0.1, 0.15) is 10.7 Å². The van der Waals surface area contributed by atoms with Gasteiger partial charge in [-0.25, -0.2) is 12.8 Å². The SMILES string of the molecule is Nc1ccccc1S(=O)(=O)Nc1cccc(F)c1. The molecule has 2 rings (SSSR count). The van der Waals surface area contributed by atoms with Crippen LogP contribution in [0.15, 0.2) is 53.4 Å². The zero-order chi connectivity index (χ0) is 13.2. The number of hydrogen-bond acceptors (Lipinski definition) is 3. The highest BCUT2D eigenvalue weighted by atomic mass is 32.2. The van der Waals surface area contributed by atoms with E-state index in [1.807, 2.05) is 0 Å². The fourth-order valence-corrected chi connectivity index (χ4v) is 2.67. The summed E-state index contributed by atoms with van der Waals surface area (Å²) in [7, 11) is -3.80. The number of nitrogens with one attached hydrogen (secondary N) is 1. The highest BCUT2D eigenvalue weighted by Gasteiger charge is 2.16. The zero-order valence-corrected chi connectivity index (χ0v) is 10.1. The average Bonchev–Trinajstić information content (AvgIpc) is 2.28. The van der Waals surface area contributed by atoms with Crippen molar-refractivity contribution >= 4 is 21.4 Å². The predicted molar refractivity (Wildman–Crippen MR) is 68.1 cm³/mol. The summed E-state index contributed by atoms with van der Waals surface area (Å²) in [5.41, 5.74) is 5.89. The summed E-state index contributed by atoms with van der Waals surface area (Å²) in [5, 5.41) is 0. The van der Waals surface area contributed by atoms with Crippen LogP contribution in [0.25, 0.3) is 0 Å². The van der Waals surface area contributed by atoms with Gasteiger partial charge in [-0.05, 0) is 30.3 Å². The monoisotopic (exact) mass is 266 g/mol. The fourth-order valence-electron chi connectivity index (χ4n) is 1.49. The van der Waals surface area contributed by atoms with Crippen molar-refractivity contribution in [2.45, 2.75) is 4.90 Å². The summed E-state index contributed by atoms with van der Waals surface area (Å²) >= 11 is 0. The Morgan fingerprint density at radius 2 is 1.78 bits per heavy atom. The third-order valence-electron chi connectivity index (χ3n) is 2.29. The van der Waals surface area contributed by atoms with E-state index in [1.54, 1.807) is 12.1 Å². The number of halogens is 1. The first-order chi connectivity index (χ1) is 8.49. The van der Waals surface area contributed by atoms with Crippen molar-refractivity contribution in [3.63, 3.8) is 0 Å². The number of sulfonamides is 1. The molecule has 0 amide bonds. The van der Waals surface area contributed by atoms with Gasteiger partial charge in [-0.2, -0.15) is 0 Å². The van der Waals surface area contributed by atoms with Gasteiger partial charge in [-0.1, -0.05) is 18.2 Å². The molecule has 0 saturated carbocycles. The molecule has 94 valence electrons. The summed E-state index contributed by atoms with van der Waals surface area (Å²) < 4.78 is 39.3. The lowest BCUT2D eigenvalue weighted by Gasteiger charge is -2.09. The predicted octanol–water partition coefficient (Wildman–Crippen LogP) is 2.21. The summed E-state index contributed by atoms with van der Waals surface area (Å²) in [6, 6.07) is 11.3. The van der Waals surface area contributed by atoms with Crippen molar-refractivity contribution in [2.24, 2.45) is 0 Å². The van der Waals surface area contributed by atoms with Crippen LogP contribution in [0.5, 0.6) is 0 Å². The van der Waals surface area contributed by atoms with Crippen LogP contribution in [0, 0.1) is 5.82 Å². The normalized spacial score (nSPS) is 11.2. The average molecular weight is 266 g/mol. The maximum atomic E-state index is 13.0. The Kier molecular flexibility index (Phi) is 3.20. The molecule has 0 aliphatic carbocycles. The largest absolute Gasteiger partial charge is 0.398 e. The van der Waals surface area contributed by atoms with Crippen LogP contribution in [-0.2, 0) is 10.0 Å². The van der Waals surface area contributed by atoms with E-state index in [-0.39, 0.29) is 16.3 Å². The lowest BCUT2D eigenvalue weighted by molar-refractivity contribution is 0.601. The second-order valence-electron chi connectivity index (χ2n) is 3.65. The Bertz CT molecular complexity index is 671. The number of hydrogen-bond donors (Lipinski definition) is 2. The van der Waals surface area contributed by atoms with Crippen LogP contribution in [0.3, 0.4) is 0 Å². The molecule has 0 saturated heterocycles. The highest BCUT2D eigenvalue weighted by Crippen LogP contribution is 2.21. The quantitative estimate of drug-likeness (QED) is 0.837. The van der Waals surface area contributed by atoms with E-state index in [0.717, 1.165) is 6.07 Å². The number of rotatable bonds is 3. The lowest BCUT2D eigenvalue weighted by Crippen LogP contribution is -2.14. The van der Waals surface area contributed by atoms with Crippen LogP contribution < -0.4 is 10.5 Å². The van der Waals surface area contributed by atoms with E-state index in [4.69, 9.17) is 5.73 Å². The lowest BCUT2D eigenvalue weighted by atomic mass is 10.3. The Hall–Kier alpha value is -2.08. The van der Waals surface area contributed by atoms with Crippen LogP contribution in [0.4, 0.5) is 15.8 Å². The molecule has 0 spiro atoms. The second kappa shape index (κ2) is 4.66. The minimum atomic E-state index is -3.80. The van der Waals surface area contributed by atoms with Gasteiger partial charge in [0.2, 0.25) is 0 Å². The molecule has 2 aromatic rings. The minimum absolute atomic E-state index is 0.0331. The maximum Gasteiger partial charge on any atom is 0.263 e. The Labute approximate surface area is 104 Å². The van der Waals surface area contributed by atoms with Gasteiger partial charge in [0.25, 0.3) is 10.0 Å². The summed E-state index contributed by atoms with van der Waals surface area (Å²) in [5.74, 6) is -0.517.